The predicted octanol–water partition coefficient (Wildman–Crippen LogP) is 14.3. The van der Waals surface area contributed by atoms with Gasteiger partial charge in [0, 0.05) is 42.1 Å². The van der Waals surface area contributed by atoms with Gasteiger partial charge in [0.2, 0.25) is 0 Å². The molecule has 0 fully saturated rings. The van der Waals surface area contributed by atoms with E-state index < -0.39 is 0 Å². The van der Waals surface area contributed by atoms with E-state index in [1.807, 2.05) is 11.3 Å². The summed E-state index contributed by atoms with van der Waals surface area (Å²) in [5.74, 6) is 0. The second-order valence-corrected chi connectivity index (χ2v) is 17.7. The Labute approximate surface area is 299 Å². The molecule has 0 saturated carbocycles. The Morgan fingerprint density at radius 1 is 0.580 bits per heavy atom. The molecule has 9 rings (SSSR count). The summed E-state index contributed by atoms with van der Waals surface area (Å²) in [5, 5.41) is 4.90. The van der Waals surface area contributed by atoms with Crippen LogP contribution in [0.3, 0.4) is 0 Å². The van der Waals surface area contributed by atoms with E-state index in [1.165, 1.54) is 70.3 Å². The minimum Gasteiger partial charge on any atom is -0.456 e. The molecule has 8 aromatic rings. The molecular formula is C47H43NOS. The molecule has 1 aliphatic carbocycles. The summed E-state index contributed by atoms with van der Waals surface area (Å²) in [7, 11) is 0. The highest BCUT2D eigenvalue weighted by molar-refractivity contribution is 7.26. The van der Waals surface area contributed by atoms with Crippen LogP contribution in [0.1, 0.15) is 77.6 Å². The van der Waals surface area contributed by atoms with E-state index in [2.05, 4.69) is 176 Å². The van der Waals surface area contributed by atoms with Crippen molar-refractivity contribution in [1.82, 2.24) is 0 Å². The van der Waals surface area contributed by atoms with Crippen molar-refractivity contribution in [3.63, 3.8) is 0 Å². The maximum atomic E-state index is 6.94. The normalized spacial score (nSPS) is 14.2. The molecule has 50 heavy (non-hydrogen) atoms. The number of anilines is 3. The Balaban J connectivity index is 1.46. The van der Waals surface area contributed by atoms with Gasteiger partial charge in [-0.2, -0.15) is 0 Å². The molecule has 248 valence electrons. The standard InChI is InChI=1S/C47H43NOS/c1-45(2,3)28-26-31-42-36(21-14-23-38(42)49-44(31)34(27-28)46(4,5)6)48(37-22-15-25-40-43(37)30-17-10-12-24-39(30)50-40)35-20-13-19-33-41(35)29-16-9-11-18-32(29)47(33,7)8/h9-27H,1-8H3. The average molecular weight is 670 g/mol. The number of hydrogen-bond donors (Lipinski definition) is 0. The second kappa shape index (κ2) is 10.6. The first-order valence-corrected chi connectivity index (χ1v) is 18.6. The molecule has 2 nitrogen and oxygen atoms in total. The van der Waals surface area contributed by atoms with Crippen LogP contribution < -0.4 is 4.90 Å². The number of rotatable bonds is 3. The monoisotopic (exact) mass is 669 g/mol. The van der Waals surface area contributed by atoms with Crippen LogP contribution in [0.2, 0.25) is 0 Å². The molecule has 0 amide bonds. The lowest BCUT2D eigenvalue weighted by molar-refractivity contribution is 0.559. The van der Waals surface area contributed by atoms with Crippen LogP contribution in [-0.2, 0) is 16.2 Å². The predicted molar refractivity (Wildman–Crippen MR) is 216 cm³/mol. The first kappa shape index (κ1) is 31.1. The van der Waals surface area contributed by atoms with Gasteiger partial charge in [0.1, 0.15) is 11.2 Å². The number of hydrogen-bond acceptors (Lipinski definition) is 3. The average Bonchev–Trinajstić information content (AvgIpc) is 3.73. The van der Waals surface area contributed by atoms with Gasteiger partial charge in [0.25, 0.3) is 0 Å². The van der Waals surface area contributed by atoms with Crippen molar-refractivity contribution in [2.45, 2.75) is 71.6 Å². The number of thiophene rings is 1. The van der Waals surface area contributed by atoms with E-state index in [9.17, 15) is 0 Å². The molecule has 0 saturated heterocycles. The molecule has 6 aromatic carbocycles. The van der Waals surface area contributed by atoms with Crippen molar-refractivity contribution in [3.8, 4) is 11.1 Å². The zero-order valence-corrected chi connectivity index (χ0v) is 31.0. The highest BCUT2D eigenvalue weighted by atomic mass is 32.1. The van der Waals surface area contributed by atoms with E-state index in [0.717, 1.165) is 22.2 Å². The van der Waals surface area contributed by atoms with Crippen LogP contribution in [0.4, 0.5) is 17.1 Å². The molecule has 0 unspecified atom stereocenters. The lowest BCUT2D eigenvalue weighted by atomic mass is 9.79. The molecule has 0 N–H and O–H groups in total. The van der Waals surface area contributed by atoms with Crippen LogP contribution in [-0.4, -0.2) is 0 Å². The van der Waals surface area contributed by atoms with E-state index in [0.29, 0.717) is 0 Å². The molecular weight excluding hydrogens is 627 g/mol. The number of fused-ring (bicyclic) bond motifs is 9. The van der Waals surface area contributed by atoms with Gasteiger partial charge in [0.15, 0.2) is 0 Å². The largest absolute Gasteiger partial charge is 0.456 e. The van der Waals surface area contributed by atoms with Crippen molar-refractivity contribution < 1.29 is 4.42 Å². The quantitative estimate of drug-likeness (QED) is 0.186. The molecule has 2 aromatic heterocycles. The summed E-state index contributed by atoms with van der Waals surface area (Å²) >= 11 is 1.87. The Morgan fingerprint density at radius 2 is 1.22 bits per heavy atom. The van der Waals surface area contributed by atoms with Gasteiger partial charge < -0.3 is 9.32 Å². The van der Waals surface area contributed by atoms with Crippen molar-refractivity contribution in [3.05, 3.63) is 138 Å². The van der Waals surface area contributed by atoms with E-state index >= 15 is 0 Å². The lowest BCUT2D eigenvalue weighted by Crippen LogP contribution is -2.16. The molecule has 0 atom stereocenters. The molecule has 0 radical (unpaired) electrons. The van der Waals surface area contributed by atoms with Crippen LogP contribution in [0.25, 0.3) is 53.2 Å². The Morgan fingerprint density at radius 3 is 2.00 bits per heavy atom. The summed E-state index contributed by atoms with van der Waals surface area (Å²) < 4.78 is 9.53. The van der Waals surface area contributed by atoms with Gasteiger partial charge in [0.05, 0.1) is 22.4 Å². The fourth-order valence-corrected chi connectivity index (χ4v) is 9.47. The van der Waals surface area contributed by atoms with Crippen molar-refractivity contribution >= 4 is 70.5 Å². The zero-order chi connectivity index (χ0) is 34.7. The molecule has 3 heteroatoms. The third-order valence-electron chi connectivity index (χ3n) is 10.9. The smallest absolute Gasteiger partial charge is 0.139 e. The van der Waals surface area contributed by atoms with Gasteiger partial charge in [-0.25, -0.2) is 0 Å². The lowest BCUT2D eigenvalue weighted by Gasteiger charge is -2.30. The molecule has 0 bridgehead atoms. The van der Waals surface area contributed by atoms with E-state index in [-0.39, 0.29) is 16.2 Å². The SMILES string of the molecule is CC(C)(C)c1cc(C(C)(C)C)c2oc3cccc(N(c4cccc5c4-c4ccccc4C5(C)C)c4cccc5sc6ccccc6c45)c3c2c1. The van der Waals surface area contributed by atoms with Gasteiger partial charge in [-0.05, 0) is 75.5 Å². The van der Waals surface area contributed by atoms with Gasteiger partial charge in [-0.15, -0.1) is 11.3 Å². The minimum atomic E-state index is -0.119. The highest BCUT2D eigenvalue weighted by Gasteiger charge is 2.38. The number of benzene rings is 6. The van der Waals surface area contributed by atoms with Crippen LogP contribution in [0, 0.1) is 0 Å². The first-order valence-electron chi connectivity index (χ1n) is 17.8. The highest BCUT2D eigenvalue weighted by Crippen LogP contribution is 2.56. The summed E-state index contributed by atoms with van der Waals surface area (Å²) in [6, 6.07) is 42.9. The van der Waals surface area contributed by atoms with Crippen LogP contribution in [0.15, 0.2) is 120 Å². The topological polar surface area (TPSA) is 16.4 Å². The summed E-state index contributed by atoms with van der Waals surface area (Å²) in [5.41, 5.74) is 13.1. The minimum absolute atomic E-state index is 0.0247. The van der Waals surface area contributed by atoms with E-state index in [4.69, 9.17) is 4.42 Å². The molecule has 2 heterocycles. The summed E-state index contributed by atoms with van der Waals surface area (Å²) in [6.07, 6.45) is 0. The summed E-state index contributed by atoms with van der Waals surface area (Å²) in [6.45, 7) is 18.5. The van der Waals surface area contributed by atoms with Gasteiger partial charge >= 0.3 is 0 Å². The van der Waals surface area contributed by atoms with Crippen molar-refractivity contribution in [2.24, 2.45) is 0 Å². The van der Waals surface area contributed by atoms with Crippen molar-refractivity contribution in [2.75, 3.05) is 4.90 Å². The first-order chi connectivity index (χ1) is 23.8. The van der Waals surface area contributed by atoms with Crippen LogP contribution >= 0.6 is 11.3 Å². The maximum absolute atomic E-state index is 6.94. The fraction of sp³-hybridized carbons (Fsp3) is 0.234. The second-order valence-electron chi connectivity index (χ2n) is 16.6. The van der Waals surface area contributed by atoms with Gasteiger partial charge in [-0.1, -0.05) is 128 Å². The Hall–Kier alpha value is -4.86. The van der Waals surface area contributed by atoms with Crippen LogP contribution in [0.5, 0.6) is 0 Å². The molecule has 0 aliphatic heterocycles. The van der Waals surface area contributed by atoms with Crippen molar-refractivity contribution in [1.29, 1.82) is 0 Å². The Bertz CT molecular complexity index is 2650. The third-order valence-corrected chi connectivity index (χ3v) is 12.1. The number of nitrogens with zero attached hydrogens (tertiary/aromatic N) is 1. The zero-order valence-electron chi connectivity index (χ0n) is 30.2. The molecule has 0 spiro atoms. The van der Waals surface area contributed by atoms with Gasteiger partial charge in [-0.3, -0.25) is 0 Å². The summed E-state index contributed by atoms with van der Waals surface area (Å²) in [4.78, 5) is 2.55. The van der Waals surface area contributed by atoms with E-state index in [1.54, 1.807) is 0 Å². The fourth-order valence-electron chi connectivity index (χ4n) is 8.34. The third kappa shape index (κ3) is 4.45. The maximum Gasteiger partial charge on any atom is 0.139 e. The molecule has 1 aliphatic rings. The Kier molecular flexibility index (Phi) is 6.59. The number of furan rings is 1.